The zero-order valence-electron chi connectivity index (χ0n) is 17.9. The van der Waals surface area contributed by atoms with Gasteiger partial charge in [0.15, 0.2) is 0 Å². The molecule has 3 aromatic heterocycles. The predicted octanol–water partition coefficient (Wildman–Crippen LogP) is 3.84. The first-order valence-electron chi connectivity index (χ1n) is 10.3. The van der Waals surface area contributed by atoms with E-state index in [0.29, 0.717) is 36.3 Å². The molecule has 1 aliphatic heterocycles. The number of hydrogen-bond acceptors (Lipinski definition) is 4. The van der Waals surface area contributed by atoms with Crippen LogP contribution in [0, 0.1) is 0 Å². The molecule has 174 valence electrons. The molecule has 1 aliphatic rings. The molecule has 1 N–H and O–H groups in total. The standard InChI is InChI=1S/C23H18F3N5O3/c1-29-18-5-6-30(22(33)34)12-17(18)16-3-2-15(9-19(16)29)31-7-4-13(8-20(31)32)14-10-27-21(28-11-14)23(24,25)26/h2-4,7-11H,5-6,12H2,1H3,(H,33,34). The molecule has 0 bridgehead atoms. The average Bonchev–Trinajstić information content (AvgIpc) is 3.09. The van der Waals surface area contributed by atoms with Crippen molar-refractivity contribution in [2.24, 2.45) is 7.05 Å². The van der Waals surface area contributed by atoms with E-state index in [1.54, 1.807) is 18.3 Å². The third-order valence-corrected chi connectivity index (χ3v) is 6.10. The van der Waals surface area contributed by atoms with Crippen LogP contribution in [0.3, 0.4) is 0 Å². The molecular weight excluding hydrogens is 451 g/mol. The Morgan fingerprint density at radius 2 is 1.82 bits per heavy atom. The second kappa shape index (κ2) is 7.72. The third-order valence-electron chi connectivity index (χ3n) is 6.10. The zero-order valence-corrected chi connectivity index (χ0v) is 17.9. The summed E-state index contributed by atoms with van der Waals surface area (Å²) in [6, 6.07) is 8.44. The minimum atomic E-state index is -4.64. The Kier molecular flexibility index (Phi) is 4.92. The summed E-state index contributed by atoms with van der Waals surface area (Å²) in [5.41, 5.74) is 3.85. The molecule has 0 radical (unpaired) electrons. The van der Waals surface area contributed by atoms with Crippen LogP contribution < -0.4 is 5.56 Å². The highest BCUT2D eigenvalue weighted by atomic mass is 19.4. The Morgan fingerprint density at radius 3 is 2.47 bits per heavy atom. The van der Waals surface area contributed by atoms with E-state index in [9.17, 15) is 27.9 Å². The summed E-state index contributed by atoms with van der Waals surface area (Å²) in [6.45, 7) is 0.735. The first-order valence-corrected chi connectivity index (χ1v) is 10.3. The van der Waals surface area contributed by atoms with Crippen molar-refractivity contribution in [1.29, 1.82) is 0 Å². The maximum atomic E-state index is 12.8. The van der Waals surface area contributed by atoms with Gasteiger partial charge in [0.25, 0.3) is 5.56 Å². The van der Waals surface area contributed by atoms with Crippen LogP contribution in [0.25, 0.3) is 27.7 Å². The molecule has 8 nitrogen and oxygen atoms in total. The van der Waals surface area contributed by atoms with E-state index in [1.807, 2.05) is 23.7 Å². The fourth-order valence-corrected chi connectivity index (χ4v) is 4.37. The smallest absolute Gasteiger partial charge is 0.451 e. The van der Waals surface area contributed by atoms with Crippen molar-refractivity contribution in [1.82, 2.24) is 24.0 Å². The van der Waals surface area contributed by atoms with Gasteiger partial charge in [0.05, 0.1) is 17.7 Å². The number of alkyl halides is 3. The lowest BCUT2D eigenvalue weighted by Gasteiger charge is -2.25. The first kappa shape index (κ1) is 21.7. The molecule has 0 spiro atoms. The lowest BCUT2D eigenvalue weighted by Crippen LogP contribution is -2.34. The number of hydrogen-bond donors (Lipinski definition) is 1. The number of carbonyl (C=O) groups is 1. The largest absolute Gasteiger partial charge is 0.465 e. The van der Waals surface area contributed by atoms with Crippen molar-refractivity contribution in [2.45, 2.75) is 19.1 Å². The van der Waals surface area contributed by atoms with Crippen molar-refractivity contribution in [2.75, 3.05) is 6.54 Å². The fourth-order valence-electron chi connectivity index (χ4n) is 4.37. The maximum Gasteiger partial charge on any atom is 0.451 e. The number of nitrogens with zero attached hydrogens (tertiary/aromatic N) is 5. The molecule has 4 aromatic rings. The summed E-state index contributed by atoms with van der Waals surface area (Å²) in [7, 11) is 1.91. The molecule has 4 heterocycles. The highest BCUT2D eigenvalue weighted by Gasteiger charge is 2.34. The second-order valence-electron chi connectivity index (χ2n) is 8.06. The summed E-state index contributed by atoms with van der Waals surface area (Å²) in [5.74, 6) is -1.24. The van der Waals surface area contributed by atoms with E-state index >= 15 is 0 Å². The first-order chi connectivity index (χ1) is 16.1. The third kappa shape index (κ3) is 3.58. The zero-order chi connectivity index (χ0) is 24.2. The van der Waals surface area contributed by atoms with Crippen LogP contribution in [0.5, 0.6) is 0 Å². The second-order valence-corrected chi connectivity index (χ2v) is 8.06. The number of aryl methyl sites for hydroxylation is 1. The molecule has 11 heteroatoms. The minimum Gasteiger partial charge on any atom is -0.465 e. The van der Waals surface area contributed by atoms with Gasteiger partial charge in [0.1, 0.15) is 0 Å². The number of aromatic nitrogens is 4. The van der Waals surface area contributed by atoms with Gasteiger partial charge < -0.3 is 14.6 Å². The number of halogens is 3. The van der Waals surface area contributed by atoms with Crippen molar-refractivity contribution < 1.29 is 23.1 Å². The quantitative estimate of drug-likeness (QED) is 0.482. The Balaban J connectivity index is 1.50. The van der Waals surface area contributed by atoms with Crippen LogP contribution in [0.2, 0.25) is 0 Å². The van der Waals surface area contributed by atoms with Crippen LogP contribution in [0.1, 0.15) is 17.1 Å². The normalized spacial score (nSPS) is 13.8. The predicted molar refractivity (Wildman–Crippen MR) is 117 cm³/mol. The number of benzene rings is 1. The highest BCUT2D eigenvalue weighted by Crippen LogP contribution is 2.32. The van der Waals surface area contributed by atoms with Gasteiger partial charge in [0.2, 0.25) is 5.82 Å². The van der Waals surface area contributed by atoms with E-state index in [1.165, 1.54) is 15.5 Å². The van der Waals surface area contributed by atoms with Gasteiger partial charge in [0, 0.05) is 66.9 Å². The summed E-state index contributed by atoms with van der Waals surface area (Å²) in [5, 5.41) is 10.3. The summed E-state index contributed by atoms with van der Waals surface area (Å²) < 4.78 is 41.5. The van der Waals surface area contributed by atoms with Crippen LogP contribution in [-0.4, -0.2) is 41.7 Å². The number of pyridine rings is 1. The van der Waals surface area contributed by atoms with E-state index in [0.717, 1.165) is 34.6 Å². The van der Waals surface area contributed by atoms with Gasteiger partial charge in [-0.1, -0.05) is 6.07 Å². The Bertz CT molecular complexity index is 1490. The number of amides is 1. The van der Waals surface area contributed by atoms with Crippen molar-refractivity contribution in [3.8, 4) is 16.8 Å². The Hall–Kier alpha value is -4.15. The summed E-state index contributed by atoms with van der Waals surface area (Å²) >= 11 is 0. The van der Waals surface area contributed by atoms with E-state index in [4.69, 9.17) is 0 Å². The molecule has 5 rings (SSSR count). The van der Waals surface area contributed by atoms with Crippen molar-refractivity contribution in [3.63, 3.8) is 0 Å². The maximum absolute atomic E-state index is 12.8. The summed E-state index contributed by atoms with van der Waals surface area (Å²) in [4.78, 5) is 32.3. The molecule has 0 unspecified atom stereocenters. The lowest BCUT2D eigenvalue weighted by molar-refractivity contribution is -0.144. The van der Waals surface area contributed by atoms with Crippen LogP contribution in [-0.2, 0) is 26.2 Å². The topological polar surface area (TPSA) is 93.3 Å². The van der Waals surface area contributed by atoms with E-state index in [-0.39, 0.29) is 5.56 Å². The number of rotatable bonds is 2. The molecule has 0 aliphatic carbocycles. The van der Waals surface area contributed by atoms with Gasteiger partial charge in [-0.05, 0) is 23.8 Å². The van der Waals surface area contributed by atoms with Crippen molar-refractivity contribution in [3.05, 3.63) is 76.4 Å². The van der Waals surface area contributed by atoms with Gasteiger partial charge >= 0.3 is 12.3 Å². The van der Waals surface area contributed by atoms with E-state index in [2.05, 4.69) is 9.97 Å². The molecule has 1 aromatic carbocycles. The lowest BCUT2D eigenvalue weighted by atomic mass is 10.0. The molecule has 1 amide bonds. The molecule has 34 heavy (non-hydrogen) atoms. The van der Waals surface area contributed by atoms with Crippen LogP contribution in [0.4, 0.5) is 18.0 Å². The van der Waals surface area contributed by atoms with Crippen molar-refractivity contribution >= 4 is 17.0 Å². The average molecular weight is 469 g/mol. The molecule has 0 saturated carbocycles. The minimum absolute atomic E-state index is 0.297. The van der Waals surface area contributed by atoms with Crippen LogP contribution in [0.15, 0.2) is 53.7 Å². The molecule has 0 fully saturated rings. The van der Waals surface area contributed by atoms with E-state index < -0.39 is 18.1 Å². The summed E-state index contributed by atoms with van der Waals surface area (Å²) in [6.07, 6.45) is -1.37. The monoisotopic (exact) mass is 469 g/mol. The van der Waals surface area contributed by atoms with Gasteiger partial charge in [-0.25, -0.2) is 14.8 Å². The Labute approximate surface area is 190 Å². The SMILES string of the molecule is Cn1c2c(c3ccc(-n4ccc(-c5cnc(C(F)(F)F)nc5)cc4=O)cc31)CN(C(=O)O)CC2. The van der Waals surface area contributed by atoms with Gasteiger partial charge in [-0.2, -0.15) is 13.2 Å². The fraction of sp³-hybridized carbons (Fsp3) is 0.217. The van der Waals surface area contributed by atoms with Gasteiger partial charge in [-0.3, -0.25) is 9.36 Å². The number of carboxylic acid groups (broad SMARTS) is 1. The van der Waals surface area contributed by atoms with Gasteiger partial charge in [-0.15, -0.1) is 0 Å². The molecular formula is C23H18F3N5O3. The Morgan fingerprint density at radius 1 is 1.09 bits per heavy atom. The molecule has 0 saturated heterocycles. The van der Waals surface area contributed by atoms with Crippen LogP contribution >= 0.6 is 0 Å². The highest BCUT2D eigenvalue weighted by molar-refractivity contribution is 5.88. The number of fused-ring (bicyclic) bond motifs is 3. The molecule has 0 atom stereocenters.